The Hall–Kier alpha value is -3.65. The van der Waals surface area contributed by atoms with Crippen LogP contribution in [0.25, 0.3) is 33.1 Å². The van der Waals surface area contributed by atoms with Crippen molar-refractivity contribution < 1.29 is 13.7 Å². The minimum atomic E-state index is -0.285. The van der Waals surface area contributed by atoms with Gasteiger partial charge in [0.2, 0.25) is 5.76 Å². The Morgan fingerprint density at radius 3 is 2.89 bits per heavy atom. The summed E-state index contributed by atoms with van der Waals surface area (Å²) >= 11 is 1.58. The summed E-state index contributed by atoms with van der Waals surface area (Å²) in [7, 11) is 0. The number of hydrogen-bond acceptors (Lipinski definition) is 6. The average molecular weight is 390 g/mol. The van der Waals surface area contributed by atoms with E-state index in [0.717, 1.165) is 21.5 Å². The molecule has 1 amide bonds. The number of nitrogens with zero attached hydrogens (tertiary/aromatic N) is 2. The Kier molecular flexibility index (Phi) is 4.02. The zero-order valence-corrected chi connectivity index (χ0v) is 15.3. The Morgan fingerprint density at radius 2 is 2.04 bits per heavy atom. The highest BCUT2D eigenvalue weighted by Crippen LogP contribution is 2.28. The van der Waals surface area contributed by atoms with Gasteiger partial charge in [-0.15, -0.1) is 11.3 Å². The van der Waals surface area contributed by atoms with Crippen LogP contribution in [-0.2, 0) is 6.54 Å². The van der Waals surface area contributed by atoms with Crippen LogP contribution in [0.5, 0.6) is 0 Å². The molecule has 0 aliphatic heterocycles. The number of hydrogen-bond donors (Lipinski definition) is 2. The Morgan fingerprint density at radius 1 is 1.11 bits per heavy atom. The van der Waals surface area contributed by atoms with Gasteiger partial charge in [0, 0.05) is 11.5 Å². The number of thiophene rings is 1. The molecule has 0 fully saturated rings. The standard InChI is InChI=1S/C20H14N4O3S/c25-20(15-10-14(22-23-15)19-6-3-7-28-19)21-11-13-9-18(27-24-13)17-8-12-4-1-2-5-16(12)26-17/h1-10H,11H2,(H,21,25)(H,22,23). The Balaban J connectivity index is 1.26. The molecule has 0 aliphatic rings. The summed E-state index contributed by atoms with van der Waals surface area (Å²) in [4.78, 5) is 13.4. The van der Waals surface area contributed by atoms with Crippen molar-refractivity contribution in [1.29, 1.82) is 0 Å². The first kappa shape index (κ1) is 16.5. The molecular weight excluding hydrogens is 376 g/mol. The van der Waals surface area contributed by atoms with E-state index in [-0.39, 0.29) is 12.5 Å². The monoisotopic (exact) mass is 390 g/mol. The fraction of sp³-hybridized carbons (Fsp3) is 0.0500. The van der Waals surface area contributed by atoms with Crippen LogP contribution in [0, 0.1) is 0 Å². The van der Waals surface area contributed by atoms with Crippen LogP contribution in [0.2, 0.25) is 0 Å². The normalized spacial score (nSPS) is 11.1. The predicted molar refractivity (Wildman–Crippen MR) is 105 cm³/mol. The number of amides is 1. The topological polar surface area (TPSA) is 97.0 Å². The number of aromatic nitrogens is 3. The molecule has 1 aromatic carbocycles. The van der Waals surface area contributed by atoms with Gasteiger partial charge in [0.25, 0.3) is 5.91 Å². The van der Waals surface area contributed by atoms with Crippen LogP contribution in [0.1, 0.15) is 16.2 Å². The number of furan rings is 1. The van der Waals surface area contributed by atoms with Crippen LogP contribution >= 0.6 is 11.3 Å². The van der Waals surface area contributed by atoms with E-state index in [9.17, 15) is 4.79 Å². The Labute approximate surface area is 163 Å². The number of nitrogens with one attached hydrogen (secondary N) is 2. The van der Waals surface area contributed by atoms with Gasteiger partial charge >= 0.3 is 0 Å². The van der Waals surface area contributed by atoms with Gasteiger partial charge in [0.05, 0.1) is 17.1 Å². The van der Waals surface area contributed by atoms with Crippen molar-refractivity contribution in [2.24, 2.45) is 0 Å². The maximum absolute atomic E-state index is 12.3. The number of carbonyl (C=O) groups is 1. The van der Waals surface area contributed by atoms with Gasteiger partial charge in [-0.05, 0) is 29.6 Å². The minimum Gasteiger partial charge on any atom is -0.453 e. The summed E-state index contributed by atoms with van der Waals surface area (Å²) in [6, 6.07) is 17.0. The van der Waals surface area contributed by atoms with E-state index in [1.54, 1.807) is 23.5 Å². The van der Waals surface area contributed by atoms with Crippen molar-refractivity contribution in [3.63, 3.8) is 0 Å². The van der Waals surface area contributed by atoms with Crippen LogP contribution in [-0.4, -0.2) is 21.3 Å². The van der Waals surface area contributed by atoms with Crippen molar-refractivity contribution in [2.45, 2.75) is 6.54 Å². The fourth-order valence-corrected chi connectivity index (χ4v) is 3.56. The van der Waals surface area contributed by atoms with Gasteiger partial charge in [0.1, 0.15) is 11.3 Å². The second kappa shape index (κ2) is 6.82. The van der Waals surface area contributed by atoms with E-state index >= 15 is 0 Å². The zero-order chi connectivity index (χ0) is 18.9. The fourth-order valence-electron chi connectivity index (χ4n) is 2.87. The lowest BCUT2D eigenvalue weighted by molar-refractivity contribution is 0.0945. The number of carbonyl (C=O) groups excluding carboxylic acids is 1. The van der Waals surface area contributed by atoms with E-state index in [0.29, 0.717) is 22.9 Å². The summed E-state index contributed by atoms with van der Waals surface area (Å²) in [6.45, 7) is 0.226. The molecule has 0 unspecified atom stereocenters. The van der Waals surface area contributed by atoms with Crippen molar-refractivity contribution in [3.8, 4) is 22.1 Å². The van der Waals surface area contributed by atoms with Crippen LogP contribution in [0.4, 0.5) is 0 Å². The first-order chi connectivity index (χ1) is 13.8. The van der Waals surface area contributed by atoms with E-state index in [1.165, 1.54) is 0 Å². The number of para-hydroxylation sites is 1. The first-order valence-corrected chi connectivity index (χ1v) is 9.46. The van der Waals surface area contributed by atoms with E-state index in [4.69, 9.17) is 8.94 Å². The summed E-state index contributed by atoms with van der Waals surface area (Å²) in [5.74, 6) is 0.826. The molecule has 138 valence electrons. The van der Waals surface area contributed by atoms with Crippen molar-refractivity contribution in [2.75, 3.05) is 0 Å². The maximum atomic E-state index is 12.3. The molecule has 0 saturated carbocycles. The molecule has 4 aromatic heterocycles. The number of fused-ring (bicyclic) bond motifs is 1. The van der Waals surface area contributed by atoms with Gasteiger partial charge in [-0.2, -0.15) is 5.10 Å². The molecule has 0 radical (unpaired) electrons. The van der Waals surface area contributed by atoms with E-state index < -0.39 is 0 Å². The summed E-state index contributed by atoms with van der Waals surface area (Å²) in [5, 5.41) is 16.7. The second-order valence-corrected chi connectivity index (χ2v) is 7.11. The average Bonchev–Trinajstić information content (AvgIpc) is 3.51. The Bertz CT molecular complexity index is 1220. The lowest BCUT2D eigenvalue weighted by Gasteiger charge is -1.98. The largest absolute Gasteiger partial charge is 0.453 e. The smallest absolute Gasteiger partial charge is 0.272 e. The lowest BCUT2D eigenvalue weighted by Crippen LogP contribution is -2.23. The molecule has 0 spiro atoms. The number of H-pyrrole nitrogens is 1. The third-order valence-corrected chi connectivity index (χ3v) is 5.16. The van der Waals surface area contributed by atoms with Crippen LogP contribution in [0.15, 0.2) is 68.9 Å². The van der Waals surface area contributed by atoms with E-state index in [1.807, 2.05) is 47.8 Å². The summed E-state index contributed by atoms with van der Waals surface area (Å²) < 4.78 is 11.1. The molecule has 8 heteroatoms. The molecule has 0 atom stereocenters. The summed E-state index contributed by atoms with van der Waals surface area (Å²) in [5.41, 5.74) is 2.51. The maximum Gasteiger partial charge on any atom is 0.272 e. The first-order valence-electron chi connectivity index (χ1n) is 8.58. The molecule has 2 N–H and O–H groups in total. The highest BCUT2D eigenvalue weighted by molar-refractivity contribution is 7.13. The van der Waals surface area contributed by atoms with Crippen molar-refractivity contribution in [3.05, 3.63) is 71.4 Å². The number of rotatable bonds is 5. The minimum absolute atomic E-state index is 0.226. The van der Waals surface area contributed by atoms with Crippen molar-refractivity contribution >= 4 is 28.2 Å². The second-order valence-electron chi connectivity index (χ2n) is 6.16. The predicted octanol–water partition coefficient (Wildman–Crippen LogP) is 4.47. The number of aromatic amines is 1. The van der Waals surface area contributed by atoms with Gasteiger partial charge in [-0.25, -0.2) is 0 Å². The van der Waals surface area contributed by atoms with E-state index in [2.05, 4.69) is 20.7 Å². The summed E-state index contributed by atoms with van der Waals surface area (Å²) in [6.07, 6.45) is 0. The third-order valence-electron chi connectivity index (χ3n) is 4.25. The van der Waals surface area contributed by atoms with Crippen LogP contribution in [0.3, 0.4) is 0 Å². The highest BCUT2D eigenvalue weighted by Gasteiger charge is 2.15. The molecule has 4 heterocycles. The van der Waals surface area contributed by atoms with Crippen LogP contribution < -0.4 is 5.32 Å². The van der Waals surface area contributed by atoms with Gasteiger partial charge in [0.15, 0.2) is 11.5 Å². The van der Waals surface area contributed by atoms with Gasteiger partial charge in [-0.1, -0.05) is 29.4 Å². The molecule has 5 rings (SSSR count). The lowest BCUT2D eigenvalue weighted by atomic mass is 10.2. The molecule has 0 aliphatic carbocycles. The highest BCUT2D eigenvalue weighted by atomic mass is 32.1. The molecular formula is C20H14N4O3S. The quantitative estimate of drug-likeness (QED) is 0.461. The molecule has 0 saturated heterocycles. The number of benzene rings is 1. The molecule has 5 aromatic rings. The molecule has 0 bridgehead atoms. The van der Waals surface area contributed by atoms with Crippen molar-refractivity contribution in [1.82, 2.24) is 20.7 Å². The zero-order valence-electron chi connectivity index (χ0n) is 14.5. The van der Waals surface area contributed by atoms with Gasteiger partial charge in [-0.3, -0.25) is 9.89 Å². The van der Waals surface area contributed by atoms with Gasteiger partial charge < -0.3 is 14.3 Å². The molecule has 28 heavy (non-hydrogen) atoms. The third kappa shape index (κ3) is 3.10. The SMILES string of the molecule is O=C(NCc1cc(-c2cc3ccccc3o2)on1)c1cc(-c2cccs2)[nH]n1. The molecule has 7 nitrogen and oxygen atoms in total.